The summed E-state index contributed by atoms with van der Waals surface area (Å²) < 4.78 is 23.6. The summed E-state index contributed by atoms with van der Waals surface area (Å²) in [5.41, 5.74) is 0.749. The van der Waals surface area contributed by atoms with Crippen LogP contribution in [0.15, 0.2) is 21.5 Å². The van der Waals surface area contributed by atoms with Crippen molar-refractivity contribution in [2.75, 3.05) is 0 Å². The maximum Gasteiger partial charge on any atom is 0.262 e. The molecule has 21 heavy (non-hydrogen) atoms. The van der Waals surface area contributed by atoms with E-state index >= 15 is 0 Å². The number of aryl methyl sites for hydroxylation is 1. The molecular weight excluding hydrogens is 378 g/mol. The van der Waals surface area contributed by atoms with E-state index in [1.807, 2.05) is 6.92 Å². The molecular formula is C14H17BrClNO3S. The molecule has 1 aromatic carbocycles. The summed E-state index contributed by atoms with van der Waals surface area (Å²) in [6.45, 7) is 3.74. The monoisotopic (exact) mass is 393 g/mol. The number of amides is 1. The van der Waals surface area contributed by atoms with E-state index < -0.39 is 9.05 Å². The van der Waals surface area contributed by atoms with Crippen LogP contribution in [0.4, 0.5) is 0 Å². The Hall–Kier alpha value is -0.590. The Kier molecular flexibility index (Phi) is 4.71. The lowest BCUT2D eigenvalue weighted by Gasteiger charge is -2.25. The third kappa shape index (κ3) is 3.79. The quantitative estimate of drug-likeness (QED) is 0.794. The van der Waals surface area contributed by atoms with Crippen molar-refractivity contribution in [1.29, 1.82) is 0 Å². The van der Waals surface area contributed by atoms with Crippen LogP contribution < -0.4 is 5.32 Å². The van der Waals surface area contributed by atoms with Crippen LogP contribution in [0.2, 0.25) is 0 Å². The van der Waals surface area contributed by atoms with Crippen LogP contribution in [0.25, 0.3) is 0 Å². The summed E-state index contributed by atoms with van der Waals surface area (Å²) in [5.74, 6) is -0.267. The fourth-order valence-corrected chi connectivity index (χ4v) is 4.83. The molecule has 1 aromatic rings. The van der Waals surface area contributed by atoms with Crippen LogP contribution in [0.5, 0.6) is 0 Å². The van der Waals surface area contributed by atoms with E-state index in [2.05, 4.69) is 21.2 Å². The Morgan fingerprint density at radius 3 is 2.43 bits per heavy atom. The molecule has 1 amide bonds. The Labute approximate surface area is 137 Å². The maximum absolute atomic E-state index is 12.4. The van der Waals surface area contributed by atoms with Gasteiger partial charge in [0.25, 0.3) is 15.0 Å². The van der Waals surface area contributed by atoms with Gasteiger partial charge < -0.3 is 5.32 Å². The van der Waals surface area contributed by atoms with Crippen molar-refractivity contribution >= 4 is 41.6 Å². The highest BCUT2D eigenvalue weighted by Crippen LogP contribution is 2.31. The van der Waals surface area contributed by atoms with Crippen LogP contribution in [0.3, 0.4) is 0 Å². The molecule has 0 aromatic heterocycles. The van der Waals surface area contributed by atoms with Crippen molar-refractivity contribution in [3.05, 3.63) is 27.7 Å². The van der Waals surface area contributed by atoms with E-state index in [4.69, 9.17) is 10.7 Å². The molecule has 1 aliphatic carbocycles. The first kappa shape index (κ1) is 16.8. The van der Waals surface area contributed by atoms with Crippen molar-refractivity contribution in [2.24, 2.45) is 0 Å². The second-order valence-corrected chi connectivity index (χ2v) is 9.09. The minimum Gasteiger partial charge on any atom is -0.347 e. The van der Waals surface area contributed by atoms with Gasteiger partial charge in [-0.05, 0) is 60.3 Å². The molecule has 1 N–H and O–H groups in total. The number of benzene rings is 1. The van der Waals surface area contributed by atoms with Crippen molar-refractivity contribution in [1.82, 2.24) is 5.32 Å². The highest BCUT2D eigenvalue weighted by Gasteiger charge is 2.31. The van der Waals surface area contributed by atoms with Gasteiger partial charge in [0, 0.05) is 26.3 Å². The molecule has 2 rings (SSSR count). The molecule has 1 fully saturated rings. The second kappa shape index (κ2) is 5.89. The molecule has 0 radical (unpaired) electrons. The lowest BCUT2D eigenvalue weighted by atomic mass is 10.00. The normalized spacial score (nSPS) is 17.7. The Morgan fingerprint density at radius 2 is 1.90 bits per heavy atom. The second-order valence-electron chi connectivity index (χ2n) is 5.77. The van der Waals surface area contributed by atoms with Crippen molar-refractivity contribution in [3.8, 4) is 0 Å². The fourth-order valence-electron chi connectivity index (χ4n) is 2.67. The predicted molar refractivity (Wildman–Crippen MR) is 86.3 cm³/mol. The first-order chi connectivity index (χ1) is 9.62. The number of halogens is 2. The number of rotatable bonds is 3. The van der Waals surface area contributed by atoms with Gasteiger partial charge in [0.05, 0.1) is 4.90 Å². The third-order valence-electron chi connectivity index (χ3n) is 3.87. The van der Waals surface area contributed by atoms with Crippen LogP contribution >= 0.6 is 26.6 Å². The molecule has 0 atom stereocenters. The first-order valence-corrected chi connectivity index (χ1v) is 9.80. The SMILES string of the molecule is Cc1cc(C(=O)NC2(C)CCCC2)cc(S(=O)(=O)Cl)c1Br. The number of carbonyl (C=O) groups is 1. The Balaban J connectivity index is 2.36. The molecule has 0 heterocycles. The summed E-state index contributed by atoms with van der Waals surface area (Å²) in [6.07, 6.45) is 4.07. The molecule has 0 saturated heterocycles. The average Bonchev–Trinajstić information content (AvgIpc) is 2.77. The predicted octanol–water partition coefficient (Wildman–Crippen LogP) is 3.75. The van der Waals surface area contributed by atoms with E-state index in [-0.39, 0.29) is 16.3 Å². The zero-order chi connectivity index (χ0) is 15.8. The van der Waals surface area contributed by atoms with E-state index in [9.17, 15) is 13.2 Å². The molecule has 1 aliphatic rings. The minimum atomic E-state index is -3.91. The topological polar surface area (TPSA) is 63.2 Å². The minimum absolute atomic E-state index is 0.0779. The van der Waals surface area contributed by atoms with Gasteiger partial charge in [0.15, 0.2) is 0 Å². The van der Waals surface area contributed by atoms with Crippen molar-refractivity contribution < 1.29 is 13.2 Å². The van der Waals surface area contributed by atoms with Gasteiger partial charge in [-0.2, -0.15) is 0 Å². The molecule has 7 heteroatoms. The average molecular weight is 395 g/mol. The van der Waals surface area contributed by atoms with E-state index in [0.717, 1.165) is 25.7 Å². The zero-order valence-corrected chi connectivity index (χ0v) is 15.0. The van der Waals surface area contributed by atoms with E-state index in [0.29, 0.717) is 15.6 Å². The molecule has 0 aliphatic heterocycles. The Bertz CT molecular complexity index is 682. The Morgan fingerprint density at radius 1 is 1.33 bits per heavy atom. The summed E-state index contributed by atoms with van der Waals surface area (Å²) in [7, 11) is 1.51. The van der Waals surface area contributed by atoms with Gasteiger partial charge in [0.1, 0.15) is 0 Å². The number of carbonyl (C=O) groups excluding carboxylic acids is 1. The highest BCUT2D eigenvalue weighted by molar-refractivity contribution is 9.10. The van der Waals surface area contributed by atoms with Crippen LogP contribution in [-0.2, 0) is 9.05 Å². The van der Waals surface area contributed by atoms with E-state index in [1.165, 1.54) is 6.07 Å². The lowest BCUT2D eigenvalue weighted by Crippen LogP contribution is -2.43. The molecule has 0 unspecified atom stereocenters. The van der Waals surface area contributed by atoms with Gasteiger partial charge in [-0.3, -0.25) is 4.79 Å². The number of hydrogen-bond acceptors (Lipinski definition) is 3. The number of hydrogen-bond donors (Lipinski definition) is 1. The molecule has 1 saturated carbocycles. The fraction of sp³-hybridized carbons (Fsp3) is 0.500. The maximum atomic E-state index is 12.4. The molecule has 0 bridgehead atoms. The molecule has 116 valence electrons. The first-order valence-electron chi connectivity index (χ1n) is 6.70. The number of nitrogens with one attached hydrogen (secondary N) is 1. The smallest absolute Gasteiger partial charge is 0.262 e. The van der Waals surface area contributed by atoms with Crippen molar-refractivity contribution in [2.45, 2.75) is 50.0 Å². The van der Waals surface area contributed by atoms with Crippen LogP contribution in [0.1, 0.15) is 48.5 Å². The van der Waals surface area contributed by atoms with Gasteiger partial charge in [-0.25, -0.2) is 8.42 Å². The van der Waals surface area contributed by atoms with Crippen LogP contribution in [0, 0.1) is 6.92 Å². The highest BCUT2D eigenvalue weighted by atomic mass is 79.9. The molecule has 0 spiro atoms. The summed E-state index contributed by atoms with van der Waals surface area (Å²) >= 11 is 3.20. The zero-order valence-electron chi connectivity index (χ0n) is 11.9. The molecule has 4 nitrogen and oxygen atoms in total. The standard InChI is InChI=1S/C14H17BrClNO3S/c1-9-7-10(8-11(12(9)15)21(16,19)20)13(18)17-14(2)5-3-4-6-14/h7-8H,3-6H2,1-2H3,(H,17,18). The van der Waals surface area contributed by atoms with E-state index in [1.54, 1.807) is 13.0 Å². The summed E-state index contributed by atoms with van der Waals surface area (Å²) in [4.78, 5) is 12.3. The largest absolute Gasteiger partial charge is 0.347 e. The van der Waals surface area contributed by atoms with Crippen molar-refractivity contribution in [3.63, 3.8) is 0 Å². The van der Waals surface area contributed by atoms with Gasteiger partial charge in [0.2, 0.25) is 0 Å². The van der Waals surface area contributed by atoms with Gasteiger partial charge >= 0.3 is 0 Å². The van der Waals surface area contributed by atoms with Gasteiger partial charge in [-0.15, -0.1) is 0 Å². The summed E-state index contributed by atoms with van der Waals surface area (Å²) in [6, 6.07) is 2.97. The third-order valence-corrected chi connectivity index (χ3v) is 6.53. The lowest BCUT2D eigenvalue weighted by molar-refractivity contribution is 0.0907. The summed E-state index contributed by atoms with van der Waals surface area (Å²) in [5, 5.41) is 3.00. The van der Waals surface area contributed by atoms with Crippen LogP contribution in [-0.4, -0.2) is 19.9 Å². The van der Waals surface area contributed by atoms with Gasteiger partial charge in [-0.1, -0.05) is 12.8 Å².